The van der Waals surface area contributed by atoms with Gasteiger partial charge in [-0.3, -0.25) is 4.79 Å². The van der Waals surface area contributed by atoms with Gasteiger partial charge in [-0.1, -0.05) is 25.5 Å². The first-order valence-corrected chi connectivity index (χ1v) is 7.59. The number of fused-ring (bicyclic) bond motifs is 1. The fraction of sp³-hybridized carbons (Fsp3) is 0.500. The zero-order chi connectivity index (χ0) is 13.8. The molecule has 1 aromatic rings. The van der Waals surface area contributed by atoms with Crippen molar-refractivity contribution in [3.63, 3.8) is 0 Å². The molecule has 19 heavy (non-hydrogen) atoms. The number of carbonyl (C=O) groups excluding carboxylic acids is 1. The maximum atomic E-state index is 13.7. The fourth-order valence-corrected chi connectivity index (χ4v) is 3.40. The number of nitrogens with two attached hydrogens (primary N) is 1. The normalized spacial score (nSPS) is 19.6. The number of amides is 1. The minimum absolute atomic E-state index is 0.123. The van der Waals surface area contributed by atoms with E-state index in [4.69, 9.17) is 5.73 Å². The van der Waals surface area contributed by atoms with Crippen molar-refractivity contribution in [1.29, 1.82) is 0 Å². The predicted octanol–water partition coefficient (Wildman–Crippen LogP) is 2.61. The molecule has 0 radical (unpaired) electrons. The molecule has 0 saturated carbocycles. The van der Waals surface area contributed by atoms with Crippen LogP contribution in [0.1, 0.15) is 37.8 Å². The first kappa shape index (κ1) is 14.3. The van der Waals surface area contributed by atoms with Gasteiger partial charge in [-0.25, -0.2) is 4.39 Å². The second kappa shape index (κ2) is 6.39. The van der Waals surface area contributed by atoms with Crippen LogP contribution in [0, 0.1) is 5.82 Å². The van der Waals surface area contributed by atoms with E-state index in [1.165, 1.54) is 17.8 Å². The number of hydrogen-bond donors (Lipinski definition) is 2. The van der Waals surface area contributed by atoms with E-state index < -0.39 is 6.04 Å². The summed E-state index contributed by atoms with van der Waals surface area (Å²) in [5.74, 6) is 0.454. The van der Waals surface area contributed by atoms with Gasteiger partial charge in [-0.2, -0.15) is 0 Å². The summed E-state index contributed by atoms with van der Waals surface area (Å²) in [7, 11) is 0. The van der Waals surface area contributed by atoms with Crippen LogP contribution in [0.5, 0.6) is 0 Å². The Kier molecular flexibility index (Phi) is 4.82. The van der Waals surface area contributed by atoms with Crippen molar-refractivity contribution in [3.05, 3.63) is 29.6 Å². The summed E-state index contributed by atoms with van der Waals surface area (Å²) in [5.41, 5.74) is 6.67. The average Bonchev–Trinajstić information content (AvgIpc) is 2.40. The molecule has 1 aliphatic rings. The van der Waals surface area contributed by atoms with Crippen molar-refractivity contribution in [2.24, 2.45) is 5.73 Å². The van der Waals surface area contributed by atoms with E-state index in [1.54, 1.807) is 6.07 Å². The standard InChI is InChI=1S/C14H19FN2OS/c1-2-4-11(16)14(18)17-12-7-8-19-13-9(12)5-3-6-10(13)15/h3,5-6,11-12H,2,4,7-8,16H2,1H3,(H,17,18). The highest BCUT2D eigenvalue weighted by atomic mass is 32.2. The van der Waals surface area contributed by atoms with Gasteiger partial charge in [0.05, 0.1) is 12.1 Å². The minimum Gasteiger partial charge on any atom is -0.348 e. The molecule has 1 aromatic carbocycles. The molecule has 1 heterocycles. The molecule has 0 saturated heterocycles. The summed E-state index contributed by atoms with van der Waals surface area (Å²) < 4.78 is 13.7. The number of nitrogens with one attached hydrogen (secondary N) is 1. The van der Waals surface area contributed by atoms with Crippen LogP contribution in [0.15, 0.2) is 23.1 Å². The maximum absolute atomic E-state index is 13.7. The van der Waals surface area contributed by atoms with Crippen LogP contribution in [0.4, 0.5) is 4.39 Å². The molecule has 5 heteroatoms. The average molecular weight is 282 g/mol. The predicted molar refractivity (Wildman–Crippen MR) is 75.5 cm³/mol. The highest BCUT2D eigenvalue weighted by molar-refractivity contribution is 7.99. The Hall–Kier alpha value is -1.07. The van der Waals surface area contributed by atoms with E-state index in [0.29, 0.717) is 11.3 Å². The zero-order valence-electron chi connectivity index (χ0n) is 11.0. The number of rotatable bonds is 4. The number of thioether (sulfide) groups is 1. The maximum Gasteiger partial charge on any atom is 0.237 e. The Morgan fingerprint density at radius 2 is 2.42 bits per heavy atom. The molecule has 2 rings (SSSR count). The van der Waals surface area contributed by atoms with E-state index in [2.05, 4.69) is 5.32 Å². The van der Waals surface area contributed by atoms with Gasteiger partial charge in [0.1, 0.15) is 5.82 Å². The van der Waals surface area contributed by atoms with Gasteiger partial charge in [-0.15, -0.1) is 11.8 Å². The monoisotopic (exact) mass is 282 g/mol. The van der Waals surface area contributed by atoms with Crippen LogP contribution in [-0.4, -0.2) is 17.7 Å². The molecule has 2 unspecified atom stereocenters. The molecule has 1 amide bonds. The van der Waals surface area contributed by atoms with Crippen LogP contribution >= 0.6 is 11.8 Å². The molecule has 0 fully saturated rings. The summed E-state index contributed by atoms with van der Waals surface area (Å²) in [6, 6.07) is 4.42. The minimum atomic E-state index is -0.475. The second-order valence-electron chi connectivity index (χ2n) is 4.75. The van der Waals surface area contributed by atoms with Gasteiger partial charge < -0.3 is 11.1 Å². The lowest BCUT2D eigenvalue weighted by atomic mass is 10.0. The summed E-state index contributed by atoms with van der Waals surface area (Å²) >= 11 is 1.51. The van der Waals surface area contributed by atoms with E-state index in [0.717, 1.165) is 24.2 Å². The van der Waals surface area contributed by atoms with Gasteiger partial charge in [0.25, 0.3) is 0 Å². The lowest BCUT2D eigenvalue weighted by Crippen LogP contribution is -2.42. The fourth-order valence-electron chi connectivity index (χ4n) is 2.26. The third-order valence-electron chi connectivity index (χ3n) is 3.28. The quantitative estimate of drug-likeness (QED) is 0.892. The van der Waals surface area contributed by atoms with E-state index in [9.17, 15) is 9.18 Å². The molecule has 1 aliphatic heterocycles. The smallest absolute Gasteiger partial charge is 0.237 e. The van der Waals surface area contributed by atoms with Crippen molar-refractivity contribution >= 4 is 17.7 Å². The topological polar surface area (TPSA) is 55.1 Å². The summed E-state index contributed by atoms with van der Waals surface area (Å²) in [6.45, 7) is 2.00. The van der Waals surface area contributed by atoms with Crippen molar-refractivity contribution in [2.75, 3.05) is 5.75 Å². The summed E-state index contributed by atoms with van der Waals surface area (Å²) in [5, 5.41) is 2.94. The van der Waals surface area contributed by atoms with Gasteiger partial charge in [0.2, 0.25) is 5.91 Å². The number of halogens is 1. The van der Waals surface area contributed by atoms with Crippen molar-refractivity contribution < 1.29 is 9.18 Å². The Morgan fingerprint density at radius 3 is 3.16 bits per heavy atom. The molecular formula is C14H19FN2OS. The summed E-state index contributed by atoms with van der Waals surface area (Å²) in [4.78, 5) is 12.6. The van der Waals surface area contributed by atoms with Crippen LogP contribution in [-0.2, 0) is 4.79 Å². The molecule has 0 aliphatic carbocycles. The highest BCUT2D eigenvalue weighted by Gasteiger charge is 2.25. The Morgan fingerprint density at radius 1 is 1.63 bits per heavy atom. The van der Waals surface area contributed by atoms with Crippen LogP contribution < -0.4 is 11.1 Å². The molecule has 3 nitrogen and oxygen atoms in total. The van der Waals surface area contributed by atoms with Crippen molar-refractivity contribution in [3.8, 4) is 0 Å². The number of hydrogen-bond acceptors (Lipinski definition) is 3. The van der Waals surface area contributed by atoms with Crippen LogP contribution in [0.2, 0.25) is 0 Å². The van der Waals surface area contributed by atoms with Gasteiger partial charge >= 0.3 is 0 Å². The van der Waals surface area contributed by atoms with Crippen molar-refractivity contribution in [1.82, 2.24) is 5.32 Å². The largest absolute Gasteiger partial charge is 0.348 e. The molecule has 2 atom stereocenters. The SMILES string of the molecule is CCCC(N)C(=O)NC1CCSc2c(F)cccc21. The third kappa shape index (κ3) is 3.28. The summed E-state index contributed by atoms with van der Waals surface area (Å²) in [6.07, 6.45) is 2.36. The van der Waals surface area contributed by atoms with Crippen molar-refractivity contribution in [2.45, 2.75) is 43.2 Å². The van der Waals surface area contributed by atoms with Gasteiger partial charge in [0, 0.05) is 10.6 Å². The lowest BCUT2D eigenvalue weighted by Gasteiger charge is -2.27. The molecule has 0 bridgehead atoms. The van der Waals surface area contributed by atoms with Gasteiger partial charge in [0.15, 0.2) is 0 Å². The Balaban J connectivity index is 2.12. The molecule has 0 spiro atoms. The van der Waals surface area contributed by atoms with Crippen LogP contribution in [0.3, 0.4) is 0 Å². The number of carbonyl (C=O) groups is 1. The first-order valence-electron chi connectivity index (χ1n) is 6.60. The number of benzene rings is 1. The highest BCUT2D eigenvalue weighted by Crippen LogP contribution is 2.37. The van der Waals surface area contributed by atoms with E-state index >= 15 is 0 Å². The van der Waals surface area contributed by atoms with E-state index in [1.807, 2.05) is 13.0 Å². The zero-order valence-corrected chi connectivity index (χ0v) is 11.8. The van der Waals surface area contributed by atoms with Crippen LogP contribution in [0.25, 0.3) is 0 Å². The molecular weight excluding hydrogens is 263 g/mol. The second-order valence-corrected chi connectivity index (χ2v) is 5.86. The first-order chi connectivity index (χ1) is 9.13. The molecule has 3 N–H and O–H groups in total. The Bertz CT molecular complexity index is 467. The van der Waals surface area contributed by atoms with Gasteiger partial charge in [-0.05, 0) is 24.5 Å². The van der Waals surface area contributed by atoms with E-state index in [-0.39, 0.29) is 17.8 Å². The third-order valence-corrected chi connectivity index (χ3v) is 4.44. The lowest BCUT2D eigenvalue weighted by molar-refractivity contribution is -0.123. The molecule has 104 valence electrons. The Labute approximate surface area is 117 Å². The molecule has 0 aromatic heterocycles.